The topological polar surface area (TPSA) is 58.2 Å². The van der Waals surface area contributed by atoms with Crippen LogP contribution in [0.5, 0.6) is 0 Å². The van der Waals surface area contributed by atoms with E-state index in [0.29, 0.717) is 18.0 Å². The first kappa shape index (κ1) is 15.1. The Morgan fingerprint density at radius 1 is 1.50 bits per heavy atom. The summed E-state index contributed by atoms with van der Waals surface area (Å²) in [7, 11) is 0. The summed E-state index contributed by atoms with van der Waals surface area (Å²) in [5, 5.41) is 5.87. The standard InChI is InChI=1S/C17H17BrN2O2/c1-2-3-14(10-4-5-10)20-17(22)13-9-16(21)19-15-7-6-11(18)8-12(13)15/h1,6-8,10,13-14H,3-5,9H2,(H,19,21)(H,20,22). The Morgan fingerprint density at radius 3 is 2.95 bits per heavy atom. The minimum Gasteiger partial charge on any atom is -0.352 e. The molecule has 0 spiro atoms. The summed E-state index contributed by atoms with van der Waals surface area (Å²) in [6.07, 6.45) is 8.33. The number of fused-ring (bicyclic) bond motifs is 1. The molecule has 0 bridgehead atoms. The summed E-state index contributed by atoms with van der Waals surface area (Å²) in [5.41, 5.74) is 1.56. The van der Waals surface area contributed by atoms with Gasteiger partial charge in [-0.15, -0.1) is 12.3 Å². The molecule has 2 amide bonds. The molecule has 1 fully saturated rings. The van der Waals surface area contributed by atoms with Crippen LogP contribution in [0, 0.1) is 18.3 Å². The molecular weight excluding hydrogens is 344 g/mol. The van der Waals surface area contributed by atoms with Crippen molar-refractivity contribution in [2.24, 2.45) is 5.92 Å². The lowest BCUT2D eigenvalue weighted by Crippen LogP contribution is -2.41. The lowest BCUT2D eigenvalue weighted by atomic mass is 9.89. The fourth-order valence-electron chi connectivity index (χ4n) is 2.91. The van der Waals surface area contributed by atoms with Crippen LogP contribution in [0.15, 0.2) is 22.7 Å². The van der Waals surface area contributed by atoms with Gasteiger partial charge in [0.05, 0.1) is 5.92 Å². The average Bonchev–Trinajstić information content (AvgIpc) is 3.31. The van der Waals surface area contributed by atoms with Gasteiger partial charge in [0.25, 0.3) is 0 Å². The molecule has 0 aromatic heterocycles. The third kappa shape index (κ3) is 3.17. The number of anilines is 1. The Morgan fingerprint density at radius 2 is 2.27 bits per heavy atom. The fourth-order valence-corrected chi connectivity index (χ4v) is 3.29. The van der Waals surface area contributed by atoms with Crippen molar-refractivity contribution in [3.8, 4) is 12.3 Å². The maximum Gasteiger partial charge on any atom is 0.228 e. The van der Waals surface area contributed by atoms with Crippen molar-refractivity contribution < 1.29 is 9.59 Å². The van der Waals surface area contributed by atoms with E-state index in [0.717, 1.165) is 22.9 Å². The fraction of sp³-hybridized carbons (Fsp3) is 0.412. The van der Waals surface area contributed by atoms with Gasteiger partial charge in [0, 0.05) is 29.0 Å². The van der Waals surface area contributed by atoms with Crippen LogP contribution in [0.2, 0.25) is 0 Å². The molecule has 4 nitrogen and oxygen atoms in total. The number of rotatable bonds is 4. The van der Waals surface area contributed by atoms with Gasteiger partial charge in [-0.05, 0) is 42.5 Å². The molecule has 1 saturated carbocycles. The van der Waals surface area contributed by atoms with Crippen LogP contribution in [-0.4, -0.2) is 17.9 Å². The van der Waals surface area contributed by atoms with Gasteiger partial charge in [0.15, 0.2) is 0 Å². The number of benzene rings is 1. The molecule has 22 heavy (non-hydrogen) atoms. The third-order valence-corrected chi connectivity index (χ3v) is 4.72. The average molecular weight is 361 g/mol. The van der Waals surface area contributed by atoms with Gasteiger partial charge in [-0.3, -0.25) is 9.59 Å². The molecule has 1 aromatic carbocycles. The van der Waals surface area contributed by atoms with E-state index in [-0.39, 0.29) is 24.3 Å². The van der Waals surface area contributed by atoms with Gasteiger partial charge in [-0.1, -0.05) is 15.9 Å². The zero-order chi connectivity index (χ0) is 15.7. The number of amides is 2. The Kier molecular flexibility index (Phi) is 4.21. The first-order valence-electron chi connectivity index (χ1n) is 7.41. The summed E-state index contributed by atoms with van der Waals surface area (Å²) in [6, 6.07) is 5.59. The summed E-state index contributed by atoms with van der Waals surface area (Å²) in [6.45, 7) is 0. The Hall–Kier alpha value is -1.80. The smallest absolute Gasteiger partial charge is 0.228 e. The van der Waals surface area contributed by atoms with E-state index in [1.165, 1.54) is 0 Å². The molecule has 5 heteroatoms. The SMILES string of the molecule is C#CCC(NC(=O)C1CC(=O)Nc2ccc(Br)cc21)C1CC1. The highest BCUT2D eigenvalue weighted by atomic mass is 79.9. The van der Waals surface area contributed by atoms with E-state index in [9.17, 15) is 9.59 Å². The number of carbonyl (C=O) groups is 2. The molecule has 114 valence electrons. The van der Waals surface area contributed by atoms with Crippen molar-refractivity contribution in [2.75, 3.05) is 5.32 Å². The maximum atomic E-state index is 12.7. The summed E-state index contributed by atoms with van der Waals surface area (Å²) < 4.78 is 0.891. The van der Waals surface area contributed by atoms with Crippen LogP contribution in [0.1, 0.15) is 37.2 Å². The van der Waals surface area contributed by atoms with Gasteiger partial charge in [-0.2, -0.15) is 0 Å². The van der Waals surface area contributed by atoms with Crippen LogP contribution in [0.25, 0.3) is 0 Å². The Balaban J connectivity index is 1.81. The van der Waals surface area contributed by atoms with Crippen molar-refractivity contribution in [1.82, 2.24) is 5.32 Å². The number of terminal acetylenes is 1. The normalized spacial score (nSPS) is 21.3. The van der Waals surface area contributed by atoms with Crippen molar-refractivity contribution in [1.29, 1.82) is 0 Å². The Bertz CT molecular complexity index is 661. The van der Waals surface area contributed by atoms with Gasteiger partial charge < -0.3 is 10.6 Å². The van der Waals surface area contributed by atoms with E-state index in [4.69, 9.17) is 6.42 Å². The predicted molar refractivity (Wildman–Crippen MR) is 88.2 cm³/mol. The Labute approximate surface area is 138 Å². The third-order valence-electron chi connectivity index (χ3n) is 4.23. The van der Waals surface area contributed by atoms with E-state index in [1.807, 2.05) is 18.2 Å². The highest BCUT2D eigenvalue weighted by Crippen LogP contribution is 2.37. The van der Waals surface area contributed by atoms with Crippen LogP contribution in [0.3, 0.4) is 0 Å². The molecule has 1 aliphatic heterocycles. The van der Waals surface area contributed by atoms with E-state index in [2.05, 4.69) is 32.5 Å². The van der Waals surface area contributed by atoms with Crippen LogP contribution < -0.4 is 10.6 Å². The second-order valence-electron chi connectivity index (χ2n) is 5.90. The molecule has 0 saturated heterocycles. The van der Waals surface area contributed by atoms with Gasteiger partial charge in [0.2, 0.25) is 11.8 Å². The largest absolute Gasteiger partial charge is 0.352 e. The summed E-state index contributed by atoms with van der Waals surface area (Å²) in [5.74, 6) is 2.42. The van der Waals surface area contributed by atoms with Gasteiger partial charge in [0.1, 0.15) is 0 Å². The molecule has 1 aromatic rings. The molecule has 0 radical (unpaired) electrons. The predicted octanol–water partition coefficient (Wildman–Crippen LogP) is 2.79. The molecule has 2 N–H and O–H groups in total. The molecule has 3 rings (SSSR count). The number of carbonyl (C=O) groups excluding carboxylic acids is 2. The first-order valence-corrected chi connectivity index (χ1v) is 8.21. The lowest BCUT2D eigenvalue weighted by Gasteiger charge is -2.27. The van der Waals surface area contributed by atoms with Crippen molar-refractivity contribution in [3.05, 3.63) is 28.2 Å². The van der Waals surface area contributed by atoms with Gasteiger partial charge >= 0.3 is 0 Å². The van der Waals surface area contributed by atoms with Crippen molar-refractivity contribution in [3.63, 3.8) is 0 Å². The molecule has 2 unspecified atom stereocenters. The van der Waals surface area contributed by atoms with Crippen molar-refractivity contribution >= 4 is 33.4 Å². The van der Waals surface area contributed by atoms with E-state index in [1.54, 1.807) is 0 Å². The quantitative estimate of drug-likeness (QED) is 0.811. The van der Waals surface area contributed by atoms with Crippen LogP contribution >= 0.6 is 15.9 Å². The molecule has 2 aliphatic rings. The van der Waals surface area contributed by atoms with Gasteiger partial charge in [-0.25, -0.2) is 0 Å². The zero-order valence-electron chi connectivity index (χ0n) is 12.1. The second-order valence-corrected chi connectivity index (χ2v) is 6.81. The zero-order valence-corrected chi connectivity index (χ0v) is 13.7. The molecule has 1 aliphatic carbocycles. The molecule has 1 heterocycles. The highest BCUT2D eigenvalue weighted by Gasteiger charge is 2.36. The number of hydrogen-bond acceptors (Lipinski definition) is 2. The number of halogens is 1. The molecular formula is C17H17BrN2O2. The summed E-state index contributed by atoms with van der Waals surface area (Å²) >= 11 is 3.42. The summed E-state index contributed by atoms with van der Waals surface area (Å²) in [4.78, 5) is 24.5. The highest BCUT2D eigenvalue weighted by molar-refractivity contribution is 9.10. The van der Waals surface area contributed by atoms with E-state index >= 15 is 0 Å². The first-order chi connectivity index (χ1) is 10.6. The minimum absolute atomic E-state index is 0.0260. The van der Waals surface area contributed by atoms with Crippen LogP contribution in [0.4, 0.5) is 5.69 Å². The van der Waals surface area contributed by atoms with E-state index < -0.39 is 5.92 Å². The number of nitrogens with one attached hydrogen (secondary N) is 2. The lowest BCUT2D eigenvalue weighted by molar-refractivity contribution is -0.127. The van der Waals surface area contributed by atoms with Crippen molar-refractivity contribution in [2.45, 2.75) is 37.6 Å². The van der Waals surface area contributed by atoms with Crippen LogP contribution in [-0.2, 0) is 9.59 Å². The number of hydrogen-bond donors (Lipinski definition) is 2. The second kappa shape index (κ2) is 6.13. The minimum atomic E-state index is -0.458. The maximum absolute atomic E-state index is 12.7. The monoisotopic (exact) mass is 360 g/mol. The molecule has 2 atom stereocenters.